The van der Waals surface area contributed by atoms with Crippen LogP contribution in [0.3, 0.4) is 0 Å². The molecule has 0 aliphatic rings. The maximum absolute atomic E-state index is 6.21. The van der Waals surface area contributed by atoms with Crippen LogP contribution in [-0.2, 0) is 0 Å². The number of fused-ring (bicyclic) bond motifs is 1. The lowest BCUT2D eigenvalue weighted by atomic mass is 10.3. The van der Waals surface area contributed by atoms with Gasteiger partial charge in [0.25, 0.3) is 0 Å². The number of rotatable bonds is 3. The summed E-state index contributed by atoms with van der Waals surface area (Å²) in [5.74, 6) is 1.22. The quantitative estimate of drug-likeness (QED) is 0.768. The molecule has 0 aliphatic carbocycles. The molecular formula is C12H11ClN6O. The maximum Gasteiger partial charge on any atom is 0.166 e. The largest absolute Gasteiger partial charge is 0.452 e. The van der Waals surface area contributed by atoms with Crippen LogP contribution in [-0.4, -0.2) is 26.6 Å². The van der Waals surface area contributed by atoms with Gasteiger partial charge < -0.3 is 15.8 Å². The summed E-state index contributed by atoms with van der Waals surface area (Å²) in [4.78, 5) is 8.15. The van der Waals surface area contributed by atoms with Gasteiger partial charge in [-0.05, 0) is 0 Å². The predicted octanol–water partition coefficient (Wildman–Crippen LogP) is 2.19. The SMILES string of the molecule is CNc1c(N)ncc(Oc2cnn3ccnc3c2)c1Cl. The van der Waals surface area contributed by atoms with Crippen molar-refractivity contribution < 1.29 is 4.74 Å². The Morgan fingerprint density at radius 2 is 2.20 bits per heavy atom. The Kier molecular flexibility index (Phi) is 3.03. The first-order valence-corrected chi connectivity index (χ1v) is 6.16. The molecule has 7 nitrogen and oxygen atoms in total. The standard InChI is InChI=1S/C12H11ClN6O/c1-15-11-10(13)8(6-17-12(11)14)20-7-4-9-16-2-3-19(9)18-5-7/h2-6,15H,1H3,(H2,14,17). The van der Waals surface area contributed by atoms with Crippen LogP contribution in [0.15, 0.2) is 30.9 Å². The number of anilines is 2. The third-order valence-electron chi connectivity index (χ3n) is 2.72. The Balaban J connectivity index is 1.98. The van der Waals surface area contributed by atoms with Gasteiger partial charge in [-0.1, -0.05) is 11.6 Å². The first-order valence-electron chi connectivity index (χ1n) is 5.78. The first kappa shape index (κ1) is 12.5. The molecule has 102 valence electrons. The van der Waals surface area contributed by atoms with Crippen molar-refractivity contribution in [2.75, 3.05) is 18.1 Å². The minimum Gasteiger partial charge on any atom is -0.452 e. The third kappa shape index (κ3) is 2.08. The van der Waals surface area contributed by atoms with Crippen molar-refractivity contribution >= 4 is 28.8 Å². The van der Waals surface area contributed by atoms with Crippen molar-refractivity contribution in [3.05, 3.63) is 35.9 Å². The summed E-state index contributed by atoms with van der Waals surface area (Å²) in [6.45, 7) is 0. The van der Waals surface area contributed by atoms with Crippen LogP contribution in [0, 0.1) is 0 Å². The highest BCUT2D eigenvalue weighted by Gasteiger charge is 2.12. The zero-order valence-corrected chi connectivity index (χ0v) is 11.3. The van der Waals surface area contributed by atoms with Crippen LogP contribution >= 0.6 is 11.6 Å². The molecule has 0 bridgehead atoms. The van der Waals surface area contributed by atoms with E-state index in [1.165, 1.54) is 6.20 Å². The van der Waals surface area contributed by atoms with Crippen molar-refractivity contribution in [2.24, 2.45) is 0 Å². The average molecular weight is 291 g/mol. The minimum atomic E-state index is 0.312. The van der Waals surface area contributed by atoms with E-state index in [0.717, 1.165) is 0 Å². The smallest absolute Gasteiger partial charge is 0.166 e. The topological polar surface area (TPSA) is 90.4 Å². The number of nitrogen functional groups attached to an aromatic ring is 1. The number of halogens is 1. The van der Waals surface area contributed by atoms with E-state index in [0.29, 0.717) is 33.7 Å². The Hall–Kier alpha value is -2.54. The molecule has 20 heavy (non-hydrogen) atoms. The summed E-state index contributed by atoms with van der Waals surface area (Å²) < 4.78 is 7.31. The maximum atomic E-state index is 6.21. The predicted molar refractivity (Wildman–Crippen MR) is 76.3 cm³/mol. The van der Waals surface area contributed by atoms with Crippen LogP contribution in [0.2, 0.25) is 5.02 Å². The van der Waals surface area contributed by atoms with Crippen LogP contribution in [0.25, 0.3) is 5.65 Å². The number of imidazole rings is 1. The Bertz CT molecular complexity index is 772. The molecule has 0 fully saturated rings. The second-order valence-corrected chi connectivity index (χ2v) is 4.35. The molecule has 0 aromatic carbocycles. The molecule has 3 aromatic heterocycles. The second-order valence-electron chi connectivity index (χ2n) is 3.97. The lowest BCUT2D eigenvalue weighted by Crippen LogP contribution is -2.01. The highest BCUT2D eigenvalue weighted by Crippen LogP contribution is 2.36. The van der Waals surface area contributed by atoms with E-state index in [-0.39, 0.29) is 0 Å². The lowest BCUT2D eigenvalue weighted by Gasteiger charge is -2.11. The van der Waals surface area contributed by atoms with Crippen molar-refractivity contribution in [1.82, 2.24) is 19.6 Å². The van der Waals surface area contributed by atoms with Crippen molar-refractivity contribution in [2.45, 2.75) is 0 Å². The van der Waals surface area contributed by atoms with E-state index in [1.807, 2.05) is 0 Å². The van der Waals surface area contributed by atoms with Crippen LogP contribution in [0.1, 0.15) is 0 Å². The van der Waals surface area contributed by atoms with Gasteiger partial charge in [0.1, 0.15) is 10.8 Å². The molecule has 0 saturated heterocycles. The van der Waals surface area contributed by atoms with Gasteiger partial charge in [0.2, 0.25) is 0 Å². The number of ether oxygens (including phenoxy) is 1. The fraction of sp³-hybridized carbons (Fsp3) is 0.0833. The number of nitrogens with zero attached hydrogens (tertiary/aromatic N) is 4. The van der Waals surface area contributed by atoms with Gasteiger partial charge in [-0.25, -0.2) is 14.5 Å². The van der Waals surface area contributed by atoms with Gasteiger partial charge in [0, 0.05) is 25.5 Å². The molecule has 0 spiro atoms. The minimum absolute atomic E-state index is 0.312. The van der Waals surface area contributed by atoms with Crippen LogP contribution in [0.4, 0.5) is 11.5 Å². The first-order chi connectivity index (χ1) is 9.69. The van der Waals surface area contributed by atoms with Gasteiger partial charge >= 0.3 is 0 Å². The van der Waals surface area contributed by atoms with Crippen LogP contribution in [0.5, 0.6) is 11.5 Å². The zero-order valence-electron chi connectivity index (χ0n) is 10.5. The molecule has 0 aliphatic heterocycles. The van der Waals surface area contributed by atoms with E-state index >= 15 is 0 Å². The molecule has 3 N–H and O–H groups in total. The number of aromatic nitrogens is 4. The zero-order chi connectivity index (χ0) is 14.1. The summed E-state index contributed by atoms with van der Waals surface area (Å²) in [6, 6.07) is 1.75. The van der Waals surface area contributed by atoms with E-state index < -0.39 is 0 Å². The highest BCUT2D eigenvalue weighted by atomic mass is 35.5. The molecule has 3 aromatic rings. The fourth-order valence-corrected chi connectivity index (χ4v) is 2.05. The summed E-state index contributed by atoms with van der Waals surface area (Å²) in [7, 11) is 1.71. The second kappa shape index (κ2) is 4.86. The van der Waals surface area contributed by atoms with Gasteiger partial charge in [0.05, 0.1) is 18.1 Å². The molecule has 0 unspecified atom stereocenters. The number of nitrogens with one attached hydrogen (secondary N) is 1. The number of nitrogens with two attached hydrogens (primary N) is 1. The van der Waals surface area contributed by atoms with Crippen molar-refractivity contribution in [1.29, 1.82) is 0 Å². The van der Waals surface area contributed by atoms with Crippen LogP contribution < -0.4 is 15.8 Å². The summed E-state index contributed by atoms with van der Waals surface area (Å²) in [6.07, 6.45) is 6.44. The van der Waals surface area contributed by atoms with Crippen molar-refractivity contribution in [3.63, 3.8) is 0 Å². The third-order valence-corrected chi connectivity index (χ3v) is 3.10. The molecular weight excluding hydrogens is 280 g/mol. The molecule has 8 heteroatoms. The van der Waals surface area contributed by atoms with E-state index in [9.17, 15) is 0 Å². The number of pyridine rings is 1. The monoisotopic (exact) mass is 290 g/mol. The molecule has 0 radical (unpaired) electrons. The Morgan fingerprint density at radius 3 is 3.00 bits per heavy atom. The Morgan fingerprint density at radius 1 is 1.35 bits per heavy atom. The van der Waals surface area contributed by atoms with Gasteiger partial charge in [-0.15, -0.1) is 0 Å². The molecule has 0 atom stereocenters. The van der Waals surface area contributed by atoms with Gasteiger partial charge in [0.15, 0.2) is 17.1 Å². The normalized spacial score (nSPS) is 10.7. The highest BCUT2D eigenvalue weighted by molar-refractivity contribution is 6.35. The molecule has 0 saturated carbocycles. The molecule has 3 rings (SSSR count). The van der Waals surface area contributed by atoms with E-state index in [1.54, 1.807) is 36.2 Å². The number of hydrogen-bond donors (Lipinski definition) is 2. The van der Waals surface area contributed by atoms with Crippen molar-refractivity contribution in [3.8, 4) is 11.5 Å². The Labute approximate surface area is 119 Å². The molecule has 3 heterocycles. The van der Waals surface area contributed by atoms with Gasteiger partial charge in [-0.3, -0.25) is 0 Å². The average Bonchev–Trinajstić information content (AvgIpc) is 2.90. The van der Waals surface area contributed by atoms with Gasteiger partial charge in [-0.2, -0.15) is 5.10 Å². The number of hydrogen-bond acceptors (Lipinski definition) is 6. The van der Waals surface area contributed by atoms with E-state index in [4.69, 9.17) is 22.1 Å². The summed E-state index contributed by atoms with van der Waals surface area (Å²) in [5.41, 5.74) is 6.92. The summed E-state index contributed by atoms with van der Waals surface area (Å²) >= 11 is 6.21. The summed E-state index contributed by atoms with van der Waals surface area (Å²) in [5, 5.41) is 7.40. The molecule has 0 amide bonds. The fourth-order valence-electron chi connectivity index (χ4n) is 1.77. The lowest BCUT2D eigenvalue weighted by molar-refractivity contribution is 0.477. The van der Waals surface area contributed by atoms with E-state index in [2.05, 4.69) is 20.4 Å².